The van der Waals surface area contributed by atoms with Crippen LogP contribution in [0.25, 0.3) is 6.08 Å². The van der Waals surface area contributed by atoms with Crippen LogP contribution in [0.2, 0.25) is 0 Å². The first-order valence-corrected chi connectivity index (χ1v) is 8.38. The molecule has 0 radical (unpaired) electrons. The molecule has 1 aromatic rings. The summed E-state index contributed by atoms with van der Waals surface area (Å²) in [5.74, 6) is 0.974. The maximum atomic E-state index is 12.9. The first-order valence-electron chi connectivity index (χ1n) is 8.38. The molecule has 6 heteroatoms. The Kier molecular flexibility index (Phi) is 4.70. The van der Waals surface area contributed by atoms with Crippen molar-refractivity contribution in [3.05, 3.63) is 29.3 Å². The van der Waals surface area contributed by atoms with Crippen LogP contribution in [-0.2, 0) is 14.3 Å². The third-order valence-electron chi connectivity index (χ3n) is 4.56. The lowest BCUT2D eigenvalue weighted by Crippen LogP contribution is -2.45. The van der Waals surface area contributed by atoms with Crippen molar-refractivity contribution in [1.82, 2.24) is 4.90 Å². The van der Waals surface area contributed by atoms with Gasteiger partial charge < -0.3 is 19.1 Å². The smallest absolute Gasteiger partial charge is 0.328 e. The zero-order chi connectivity index (χ0) is 18.1. The molecule has 0 bridgehead atoms. The summed E-state index contributed by atoms with van der Waals surface area (Å²) in [6, 6.07) is 4.89. The highest BCUT2D eigenvalue weighted by molar-refractivity contribution is 5.95. The Bertz CT molecular complexity index is 725. The van der Waals surface area contributed by atoms with Crippen molar-refractivity contribution in [2.45, 2.75) is 32.4 Å². The first kappa shape index (κ1) is 17.3. The largest absolute Gasteiger partial charge is 0.496 e. The van der Waals surface area contributed by atoms with Crippen LogP contribution in [0.1, 0.15) is 25.8 Å². The molecule has 0 saturated carbocycles. The molecule has 1 unspecified atom stereocenters. The highest BCUT2D eigenvalue weighted by atomic mass is 16.5. The van der Waals surface area contributed by atoms with Gasteiger partial charge in [0, 0.05) is 6.54 Å². The molecule has 134 valence electrons. The van der Waals surface area contributed by atoms with E-state index in [4.69, 9.17) is 14.2 Å². The fourth-order valence-corrected chi connectivity index (χ4v) is 3.37. The Balaban J connectivity index is 1.92. The summed E-state index contributed by atoms with van der Waals surface area (Å²) >= 11 is 0. The molecule has 25 heavy (non-hydrogen) atoms. The molecule has 2 atom stereocenters. The molecule has 0 spiro atoms. The van der Waals surface area contributed by atoms with E-state index in [2.05, 4.69) is 0 Å². The highest BCUT2D eigenvalue weighted by Gasteiger charge is 2.45. The lowest BCUT2D eigenvalue weighted by molar-refractivity contribution is -0.153. The average molecular weight is 345 g/mol. The molecule has 1 saturated heterocycles. The zero-order valence-corrected chi connectivity index (χ0v) is 14.9. The van der Waals surface area contributed by atoms with E-state index < -0.39 is 18.1 Å². The number of hydrogen-bond donors (Lipinski definition) is 0. The van der Waals surface area contributed by atoms with Crippen molar-refractivity contribution >= 4 is 18.0 Å². The molecule has 2 aliphatic heterocycles. The van der Waals surface area contributed by atoms with E-state index in [0.717, 1.165) is 11.1 Å². The van der Waals surface area contributed by atoms with E-state index in [1.165, 1.54) is 7.11 Å². The predicted molar refractivity (Wildman–Crippen MR) is 92.4 cm³/mol. The number of nitrogens with zero attached hydrogens (tertiary/aromatic N) is 1. The van der Waals surface area contributed by atoms with Gasteiger partial charge in [-0.25, -0.2) is 4.79 Å². The topological polar surface area (TPSA) is 65.1 Å². The van der Waals surface area contributed by atoms with Crippen LogP contribution >= 0.6 is 0 Å². The van der Waals surface area contributed by atoms with Crippen LogP contribution in [0.3, 0.4) is 0 Å². The Morgan fingerprint density at radius 2 is 2.12 bits per heavy atom. The number of benzene rings is 1. The van der Waals surface area contributed by atoms with Crippen molar-refractivity contribution in [3.8, 4) is 11.5 Å². The minimum absolute atomic E-state index is 0.198. The van der Waals surface area contributed by atoms with Gasteiger partial charge in [0.2, 0.25) is 0 Å². The van der Waals surface area contributed by atoms with Crippen LogP contribution in [0.15, 0.2) is 23.8 Å². The van der Waals surface area contributed by atoms with E-state index in [1.807, 2.05) is 38.1 Å². The standard InChI is InChI=1S/C19H23NO5/c1-11(2)8-14(19(22)24-4)20-10-12-9-13-15(23-3)6-5-7-16(13)25-17(12)18(20)21/h5-7,9,11,14,17H,8,10H2,1-4H3/t14?,17-/m0/s1. The summed E-state index contributed by atoms with van der Waals surface area (Å²) in [5, 5.41) is 0. The van der Waals surface area contributed by atoms with E-state index in [-0.39, 0.29) is 11.8 Å². The molecule has 2 heterocycles. The number of fused-ring (bicyclic) bond motifs is 2. The second-order valence-electron chi connectivity index (χ2n) is 6.72. The summed E-state index contributed by atoms with van der Waals surface area (Å²) < 4.78 is 16.2. The Labute approximate surface area is 147 Å². The number of ether oxygens (including phenoxy) is 3. The molecule has 2 aliphatic rings. The number of methoxy groups -OCH3 is 2. The maximum Gasteiger partial charge on any atom is 0.328 e. The van der Waals surface area contributed by atoms with Gasteiger partial charge in [0.1, 0.15) is 17.5 Å². The van der Waals surface area contributed by atoms with Gasteiger partial charge in [-0.05, 0) is 36.1 Å². The fraction of sp³-hybridized carbons (Fsp3) is 0.474. The normalized spacial score (nSPS) is 19.7. The minimum Gasteiger partial charge on any atom is -0.496 e. The minimum atomic E-state index is -0.682. The molecule has 0 N–H and O–H groups in total. The number of rotatable bonds is 5. The van der Waals surface area contributed by atoms with E-state index in [0.29, 0.717) is 24.5 Å². The van der Waals surface area contributed by atoms with Crippen LogP contribution in [0.5, 0.6) is 11.5 Å². The predicted octanol–water partition coefficient (Wildman–Crippen LogP) is 2.27. The SMILES string of the molecule is COC(=O)C(CC(C)C)N1CC2=Cc3c(OC)cccc3O[C@@H]2C1=O. The lowest BCUT2D eigenvalue weighted by Gasteiger charge is -2.26. The van der Waals surface area contributed by atoms with Gasteiger partial charge in [-0.3, -0.25) is 4.79 Å². The molecule has 1 amide bonds. The van der Waals surface area contributed by atoms with Crippen LogP contribution < -0.4 is 9.47 Å². The number of amides is 1. The van der Waals surface area contributed by atoms with Gasteiger partial charge in [0.25, 0.3) is 5.91 Å². The number of esters is 1. The molecule has 6 nitrogen and oxygen atoms in total. The van der Waals surface area contributed by atoms with Gasteiger partial charge in [0.15, 0.2) is 6.10 Å². The summed E-state index contributed by atoms with van der Waals surface area (Å²) in [6.45, 7) is 4.38. The van der Waals surface area contributed by atoms with Gasteiger partial charge in [-0.15, -0.1) is 0 Å². The molecule has 1 fully saturated rings. The monoisotopic (exact) mass is 345 g/mol. The highest BCUT2D eigenvalue weighted by Crippen LogP contribution is 2.39. The molecule has 1 aromatic carbocycles. The van der Waals surface area contributed by atoms with Crippen molar-refractivity contribution < 1.29 is 23.8 Å². The number of carbonyl (C=O) groups excluding carboxylic acids is 2. The number of likely N-dealkylation sites (tertiary alicyclic amines) is 1. The van der Waals surface area contributed by atoms with Gasteiger partial charge >= 0.3 is 5.97 Å². The Morgan fingerprint density at radius 1 is 1.36 bits per heavy atom. The van der Waals surface area contributed by atoms with Gasteiger partial charge in [-0.2, -0.15) is 0 Å². The van der Waals surface area contributed by atoms with E-state index in [1.54, 1.807) is 12.0 Å². The van der Waals surface area contributed by atoms with Crippen molar-refractivity contribution in [2.24, 2.45) is 5.92 Å². The number of carbonyl (C=O) groups is 2. The third kappa shape index (κ3) is 3.08. The number of hydrogen-bond acceptors (Lipinski definition) is 5. The summed E-state index contributed by atoms with van der Waals surface area (Å²) in [4.78, 5) is 26.6. The lowest BCUT2D eigenvalue weighted by atomic mass is 10.0. The van der Waals surface area contributed by atoms with Crippen molar-refractivity contribution in [1.29, 1.82) is 0 Å². The Morgan fingerprint density at radius 3 is 2.76 bits per heavy atom. The summed E-state index contributed by atoms with van der Waals surface area (Å²) in [6.07, 6.45) is 1.80. The molecular weight excluding hydrogens is 322 g/mol. The van der Waals surface area contributed by atoms with Crippen LogP contribution in [0, 0.1) is 5.92 Å². The zero-order valence-electron chi connectivity index (χ0n) is 14.9. The van der Waals surface area contributed by atoms with E-state index >= 15 is 0 Å². The first-order chi connectivity index (χ1) is 12.0. The van der Waals surface area contributed by atoms with Gasteiger partial charge in [-0.1, -0.05) is 19.9 Å². The van der Waals surface area contributed by atoms with Crippen molar-refractivity contribution in [3.63, 3.8) is 0 Å². The molecule has 0 aliphatic carbocycles. The quantitative estimate of drug-likeness (QED) is 0.766. The molecule has 3 rings (SSSR count). The van der Waals surface area contributed by atoms with Crippen LogP contribution in [-0.4, -0.2) is 49.7 Å². The summed E-state index contributed by atoms with van der Waals surface area (Å²) in [7, 11) is 2.95. The second-order valence-corrected chi connectivity index (χ2v) is 6.72. The second kappa shape index (κ2) is 6.78. The molecular formula is C19H23NO5. The maximum absolute atomic E-state index is 12.9. The van der Waals surface area contributed by atoms with Crippen molar-refractivity contribution in [2.75, 3.05) is 20.8 Å². The van der Waals surface area contributed by atoms with E-state index in [9.17, 15) is 9.59 Å². The molecule has 0 aromatic heterocycles. The third-order valence-corrected chi connectivity index (χ3v) is 4.56. The van der Waals surface area contributed by atoms with Gasteiger partial charge in [0.05, 0.1) is 19.8 Å². The fourth-order valence-electron chi connectivity index (χ4n) is 3.37. The Hall–Kier alpha value is -2.50. The van der Waals surface area contributed by atoms with Crippen LogP contribution in [0.4, 0.5) is 0 Å². The average Bonchev–Trinajstić information content (AvgIpc) is 2.92. The summed E-state index contributed by atoms with van der Waals surface area (Å²) in [5.41, 5.74) is 1.66.